The quantitative estimate of drug-likeness (QED) is 0.542. The smallest absolute Gasteiger partial charge is 0.235 e. The Bertz CT molecular complexity index is 265. The van der Waals surface area contributed by atoms with E-state index in [1.807, 2.05) is 6.92 Å². The van der Waals surface area contributed by atoms with Crippen molar-refractivity contribution in [2.75, 3.05) is 19.7 Å². The molecule has 1 saturated heterocycles. The van der Waals surface area contributed by atoms with Gasteiger partial charge >= 0.3 is 0 Å². The zero-order valence-electron chi connectivity index (χ0n) is 10.2. The minimum absolute atomic E-state index is 0.0793. The third-order valence-electron chi connectivity index (χ3n) is 2.72. The molecule has 0 radical (unpaired) electrons. The van der Waals surface area contributed by atoms with Gasteiger partial charge in [0.1, 0.15) is 0 Å². The first-order valence-corrected chi connectivity index (χ1v) is 6.04. The number of hydrogen-bond acceptors (Lipinski definition) is 4. The molecule has 98 valence electrons. The fourth-order valence-electron chi connectivity index (χ4n) is 1.81. The van der Waals surface area contributed by atoms with Crippen LogP contribution in [-0.4, -0.2) is 43.7 Å². The number of nitrogens with two attached hydrogens (primary N) is 1. The number of rotatable bonds is 7. The van der Waals surface area contributed by atoms with E-state index in [2.05, 4.69) is 10.6 Å². The molecule has 0 aliphatic carbocycles. The van der Waals surface area contributed by atoms with E-state index >= 15 is 0 Å². The van der Waals surface area contributed by atoms with Crippen molar-refractivity contribution >= 4 is 11.8 Å². The molecule has 4 N–H and O–H groups in total. The van der Waals surface area contributed by atoms with Gasteiger partial charge in [0.25, 0.3) is 0 Å². The van der Waals surface area contributed by atoms with Crippen molar-refractivity contribution in [1.29, 1.82) is 0 Å². The molecule has 17 heavy (non-hydrogen) atoms. The average molecular weight is 243 g/mol. The second-order valence-electron chi connectivity index (χ2n) is 4.16. The maximum Gasteiger partial charge on any atom is 0.235 e. The van der Waals surface area contributed by atoms with E-state index in [1.165, 1.54) is 0 Å². The fraction of sp³-hybridized carbons (Fsp3) is 0.818. The van der Waals surface area contributed by atoms with Crippen molar-refractivity contribution in [3.63, 3.8) is 0 Å². The minimum Gasteiger partial charge on any atom is -0.377 e. The van der Waals surface area contributed by atoms with E-state index in [0.29, 0.717) is 13.1 Å². The predicted octanol–water partition coefficient (Wildman–Crippen LogP) is -0.865. The van der Waals surface area contributed by atoms with Crippen molar-refractivity contribution in [2.24, 2.45) is 5.73 Å². The third kappa shape index (κ3) is 5.14. The highest BCUT2D eigenvalue weighted by molar-refractivity contribution is 5.87. The maximum atomic E-state index is 11.4. The molecular formula is C11H21N3O3. The van der Waals surface area contributed by atoms with Crippen LogP contribution in [0.1, 0.15) is 26.2 Å². The van der Waals surface area contributed by atoms with Crippen LogP contribution >= 0.6 is 0 Å². The van der Waals surface area contributed by atoms with Crippen molar-refractivity contribution in [2.45, 2.75) is 38.3 Å². The van der Waals surface area contributed by atoms with E-state index in [-0.39, 0.29) is 18.4 Å². The summed E-state index contributed by atoms with van der Waals surface area (Å²) in [6.45, 7) is 3.71. The Balaban J connectivity index is 2.31. The maximum absolute atomic E-state index is 11.4. The molecule has 0 aromatic rings. The van der Waals surface area contributed by atoms with Gasteiger partial charge in [-0.25, -0.2) is 0 Å². The molecule has 2 unspecified atom stereocenters. The average Bonchev–Trinajstić information content (AvgIpc) is 2.77. The molecule has 6 nitrogen and oxygen atoms in total. The lowest BCUT2D eigenvalue weighted by molar-refractivity contribution is -0.126. The Hall–Kier alpha value is -1.14. The molecule has 0 saturated carbocycles. The van der Waals surface area contributed by atoms with E-state index in [1.54, 1.807) is 0 Å². The van der Waals surface area contributed by atoms with Gasteiger partial charge in [-0.05, 0) is 19.8 Å². The van der Waals surface area contributed by atoms with Crippen molar-refractivity contribution in [3.8, 4) is 0 Å². The number of primary amides is 1. The number of hydrogen-bond donors (Lipinski definition) is 3. The summed E-state index contributed by atoms with van der Waals surface area (Å²) in [5.74, 6) is -0.676. The van der Waals surface area contributed by atoms with Gasteiger partial charge in [-0.3, -0.25) is 9.59 Å². The summed E-state index contributed by atoms with van der Waals surface area (Å²) >= 11 is 0. The van der Waals surface area contributed by atoms with Gasteiger partial charge in [-0.1, -0.05) is 0 Å². The molecule has 1 aliphatic heterocycles. The monoisotopic (exact) mass is 243 g/mol. The van der Waals surface area contributed by atoms with E-state index in [0.717, 1.165) is 19.4 Å². The first-order valence-electron chi connectivity index (χ1n) is 6.04. The van der Waals surface area contributed by atoms with Gasteiger partial charge in [0.2, 0.25) is 11.8 Å². The Morgan fingerprint density at radius 3 is 2.82 bits per heavy atom. The van der Waals surface area contributed by atoms with Gasteiger partial charge in [0.05, 0.1) is 18.6 Å². The van der Waals surface area contributed by atoms with Crippen molar-refractivity contribution in [3.05, 3.63) is 0 Å². The van der Waals surface area contributed by atoms with E-state index < -0.39 is 11.9 Å². The molecule has 1 rings (SSSR count). The molecule has 1 aliphatic rings. The lowest BCUT2D eigenvalue weighted by Gasteiger charge is -2.17. The SMILES string of the molecule is CCNC(=O)CC(NCC1CCCO1)C(N)=O. The highest BCUT2D eigenvalue weighted by atomic mass is 16.5. The van der Waals surface area contributed by atoms with Gasteiger partial charge in [0.15, 0.2) is 0 Å². The zero-order chi connectivity index (χ0) is 12.7. The van der Waals surface area contributed by atoms with Crippen molar-refractivity contribution < 1.29 is 14.3 Å². The second kappa shape index (κ2) is 7.24. The van der Waals surface area contributed by atoms with E-state index in [4.69, 9.17) is 10.5 Å². The molecular weight excluding hydrogens is 222 g/mol. The molecule has 1 fully saturated rings. The highest BCUT2D eigenvalue weighted by Crippen LogP contribution is 2.10. The van der Waals surface area contributed by atoms with Gasteiger partial charge in [0, 0.05) is 19.7 Å². The van der Waals surface area contributed by atoms with Crippen molar-refractivity contribution in [1.82, 2.24) is 10.6 Å². The summed E-state index contributed by atoms with van der Waals surface area (Å²) in [4.78, 5) is 22.5. The summed E-state index contributed by atoms with van der Waals surface area (Å²) in [7, 11) is 0. The van der Waals surface area contributed by atoms with Gasteiger partial charge in [-0.2, -0.15) is 0 Å². The number of amides is 2. The Labute approximate surface area is 101 Å². The molecule has 0 aromatic carbocycles. The number of carbonyl (C=O) groups is 2. The largest absolute Gasteiger partial charge is 0.377 e. The summed E-state index contributed by atoms with van der Waals surface area (Å²) in [6.07, 6.45) is 2.24. The Morgan fingerprint density at radius 2 is 2.29 bits per heavy atom. The minimum atomic E-state index is -0.620. The Kier molecular flexibility index (Phi) is 5.93. The molecule has 2 amide bonds. The number of nitrogens with one attached hydrogen (secondary N) is 2. The first-order chi connectivity index (χ1) is 8.13. The van der Waals surface area contributed by atoms with Crippen LogP contribution in [-0.2, 0) is 14.3 Å². The predicted molar refractivity (Wildman–Crippen MR) is 63.3 cm³/mol. The molecule has 0 spiro atoms. The normalized spacial score (nSPS) is 21.1. The summed E-state index contributed by atoms with van der Waals surface area (Å²) in [6, 6.07) is -0.620. The van der Waals surface area contributed by atoms with Crippen LogP contribution in [0.5, 0.6) is 0 Å². The Morgan fingerprint density at radius 1 is 1.53 bits per heavy atom. The third-order valence-corrected chi connectivity index (χ3v) is 2.72. The van der Waals surface area contributed by atoms with Crippen LogP contribution in [0.2, 0.25) is 0 Å². The van der Waals surface area contributed by atoms with Gasteiger partial charge in [-0.15, -0.1) is 0 Å². The first kappa shape index (κ1) is 13.9. The molecule has 2 atom stereocenters. The second-order valence-corrected chi connectivity index (χ2v) is 4.16. The topological polar surface area (TPSA) is 93.4 Å². The van der Waals surface area contributed by atoms with Crippen LogP contribution < -0.4 is 16.4 Å². The molecule has 1 heterocycles. The van der Waals surface area contributed by atoms with E-state index in [9.17, 15) is 9.59 Å². The van der Waals surface area contributed by atoms with Crippen LogP contribution in [0.4, 0.5) is 0 Å². The summed E-state index contributed by atoms with van der Waals surface area (Å²) in [5.41, 5.74) is 5.24. The van der Waals surface area contributed by atoms with Gasteiger partial charge < -0.3 is 21.1 Å². The molecule has 0 aromatic heterocycles. The zero-order valence-corrected chi connectivity index (χ0v) is 10.2. The lowest BCUT2D eigenvalue weighted by atomic mass is 10.1. The molecule has 6 heteroatoms. The number of ether oxygens (including phenoxy) is 1. The fourth-order valence-corrected chi connectivity index (χ4v) is 1.81. The number of carbonyl (C=O) groups excluding carboxylic acids is 2. The van der Waals surface area contributed by atoms with Crippen LogP contribution in [0.3, 0.4) is 0 Å². The summed E-state index contributed by atoms with van der Waals surface area (Å²) < 4.78 is 5.42. The van der Waals surface area contributed by atoms with Crippen LogP contribution in [0.25, 0.3) is 0 Å². The van der Waals surface area contributed by atoms with Crippen LogP contribution in [0, 0.1) is 0 Å². The van der Waals surface area contributed by atoms with Crippen LogP contribution in [0.15, 0.2) is 0 Å². The molecule has 0 bridgehead atoms. The standard InChI is InChI=1S/C11H21N3O3/c1-2-13-10(15)6-9(11(12)16)14-7-8-4-3-5-17-8/h8-9,14H,2-7H2,1H3,(H2,12,16)(H,13,15). The summed E-state index contributed by atoms with van der Waals surface area (Å²) in [5, 5.41) is 5.63. The lowest BCUT2D eigenvalue weighted by Crippen LogP contribution is -2.47. The highest BCUT2D eigenvalue weighted by Gasteiger charge is 2.22.